The number of hydrogen-bond acceptors (Lipinski definition) is 0. The minimum Gasteiger partial charge on any atom is -0.147 e. The molecule has 2 aromatic carbocycles. The molecule has 0 aliphatic heterocycles. The molecule has 0 spiro atoms. The van der Waals surface area contributed by atoms with Crippen LogP contribution in [0.25, 0.3) is 5.57 Å². The normalized spacial score (nSPS) is 20.6. The molecule has 0 saturated heterocycles. The number of halogens is 4. The van der Waals surface area contributed by atoms with E-state index in [1.54, 1.807) is 3.28 Å². The van der Waals surface area contributed by atoms with Crippen LogP contribution in [0.2, 0.25) is 9.26 Å². The fraction of sp³-hybridized carbons (Fsp3) is 0.308. The first-order chi connectivity index (χ1) is 13.9. The maximum Gasteiger partial charge on any atom is -0.147 e. The third kappa shape index (κ3) is 4.11. The van der Waals surface area contributed by atoms with Gasteiger partial charge in [0.2, 0.25) is 0 Å². The van der Waals surface area contributed by atoms with E-state index in [2.05, 4.69) is 49.9 Å². The molecule has 0 nitrogen and oxygen atoms in total. The van der Waals surface area contributed by atoms with Crippen molar-refractivity contribution in [2.45, 2.75) is 40.6 Å². The van der Waals surface area contributed by atoms with E-state index in [0.29, 0.717) is 11.5 Å². The van der Waals surface area contributed by atoms with Crippen LogP contribution in [0.3, 0.4) is 0 Å². The molecule has 2 aliphatic rings. The van der Waals surface area contributed by atoms with Crippen molar-refractivity contribution in [3.05, 3.63) is 96.9 Å². The van der Waals surface area contributed by atoms with E-state index in [-0.39, 0.29) is 28.4 Å². The Hall–Kier alpha value is -0.800. The van der Waals surface area contributed by atoms with Crippen molar-refractivity contribution in [2.24, 2.45) is 5.92 Å². The van der Waals surface area contributed by atoms with Crippen molar-refractivity contribution >= 4 is 37.3 Å². The molecule has 2 aliphatic carbocycles. The topological polar surface area (TPSA) is 0 Å². The number of benzene rings is 2. The van der Waals surface area contributed by atoms with Gasteiger partial charge in [-0.15, -0.1) is 24.8 Å². The first-order valence-electron chi connectivity index (χ1n) is 10.7. The van der Waals surface area contributed by atoms with Crippen LogP contribution < -0.4 is 0 Å². The zero-order valence-electron chi connectivity index (χ0n) is 19.6. The Morgan fingerprint density at radius 2 is 1.50 bits per heavy atom. The van der Waals surface area contributed by atoms with Crippen molar-refractivity contribution in [2.75, 3.05) is 0 Å². The van der Waals surface area contributed by atoms with E-state index in [1.165, 1.54) is 22.8 Å². The average molecular weight is 573 g/mol. The molecule has 0 aromatic heterocycles. The van der Waals surface area contributed by atoms with Crippen LogP contribution in [0.5, 0.6) is 0 Å². The maximum absolute atomic E-state index is 15.4. The van der Waals surface area contributed by atoms with Crippen LogP contribution in [0.1, 0.15) is 48.0 Å². The average Bonchev–Trinajstić information content (AvgIpc) is 3.15. The van der Waals surface area contributed by atoms with E-state index in [9.17, 15) is 4.39 Å². The Balaban J connectivity index is 0.00000181. The Morgan fingerprint density at radius 1 is 0.906 bits per heavy atom. The monoisotopic (exact) mass is 570 g/mol. The maximum atomic E-state index is 15.4. The molecule has 0 fully saturated rings. The summed E-state index contributed by atoms with van der Waals surface area (Å²) in [5.74, 6) is -0.519. The summed E-state index contributed by atoms with van der Waals surface area (Å²) in [7, 11) is 0. The molecule has 0 N–H and O–H groups in total. The molecule has 0 radical (unpaired) electrons. The third-order valence-electron chi connectivity index (χ3n) is 7.64. The second-order valence-corrected chi connectivity index (χ2v) is 39.7. The van der Waals surface area contributed by atoms with E-state index in [4.69, 9.17) is 0 Å². The SMILES string of the molecule is CC1=C(C)C(C)[C]([Zr]([CH3])([CH3])(=[SiH2])[CH]2C=C(c3ccccc3)c3cc(F)cc(F)c32)=C1C.Cl.Cl. The van der Waals surface area contributed by atoms with Gasteiger partial charge in [0.25, 0.3) is 0 Å². The summed E-state index contributed by atoms with van der Waals surface area (Å²) in [4.78, 5) is 0. The number of fused-ring (bicyclic) bond motifs is 1. The molecule has 0 amide bonds. The van der Waals surface area contributed by atoms with Crippen molar-refractivity contribution < 1.29 is 26.2 Å². The molecule has 0 bridgehead atoms. The molecule has 2 unspecified atom stereocenters. The summed E-state index contributed by atoms with van der Waals surface area (Å²) >= 11 is -3.72. The van der Waals surface area contributed by atoms with E-state index in [1.807, 2.05) is 30.3 Å². The Bertz CT molecular complexity index is 1240. The van der Waals surface area contributed by atoms with Crippen molar-refractivity contribution in [3.63, 3.8) is 0 Å². The number of hydrogen-bond donors (Lipinski definition) is 0. The van der Waals surface area contributed by atoms with Gasteiger partial charge in [0.1, 0.15) is 0 Å². The second kappa shape index (κ2) is 9.10. The Kier molecular flexibility index (Phi) is 7.80. The molecule has 4 rings (SSSR count). The number of allylic oxidation sites excluding steroid dienone is 5. The standard InChI is InChI=1S/C15H9F2.C9H13.2CH3.2ClH.H2Si.Zr/c16-11-8-14-12(10-4-2-1-3-5-10)6-7-13(14)15(17)9-11;1-6-5-7(2)9(4)8(6)3;;;;;;/h1-9H;6H,1-4H3;2*1H3;2*1H;1H2;. The molecule has 0 heterocycles. The quantitative estimate of drug-likeness (QED) is 0.328. The summed E-state index contributed by atoms with van der Waals surface area (Å²) < 4.78 is 36.1. The van der Waals surface area contributed by atoms with Crippen molar-refractivity contribution in [3.8, 4) is 0 Å². The molecular weight excluding hydrogens is 540 g/mol. The summed E-state index contributed by atoms with van der Waals surface area (Å²) in [5.41, 5.74) is 7.64. The van der Waals surface area contributed by atoms with Crippen LogP contribution >= 0.6 is 24.8 Å². The van der Waals surface area contributed by atoms with Crippen molar-refractivity contribution in [1.29, 1.82) is 0 Å². The van der Waals surface area contributed by atoms with Gasteiger partial charge in [-0.1, -0.05) is 0 Å². The predicted molar refractivity (Wildman–Crippen MR) is 138 cm³/mol. The first kappa shape index (κ1) is 27.4. The van der Waals surface area contributed by atoms with Gasteiger partial charge in [-0.3, -0.25) is 0 Å². The van der Waals surface area contributed by atoms with Gasteiger partial charge in [-0.05, 0) is 0 Å². The number of rotatable bonds is 3. The third-order valence-corrected chi connectivity index (χ3v) is 24.8. The summed E-state index contributed by atoms with van der Waals surface area (Å²) in [6, 6.07) is 12.6. The van der Waals surface area contributed by atoms with Gasteiger partial charge in [0, 0.05) is 0 Å². The van der Waals surface area contributed by atoms with Gasteiger partial charge < -0.3 is 0 Å². The smallest absolute Gasteiger partial charge is 0.147 e. The van der Waals surface area contributed by atoms with E-state index in [0.717, 1.165) is 22.8 Å². The minimum atomic E-state index is -3.72. The van der Waals surface area contributed by atoms with Gasteiger partial charge in [-0.25, -0.2) is 0 Å². The van der Waals surface area contributed by atoms with Crippen LogP contribution in [0.4, 0.5) is 8.78 Å². The molecule has 172 valence electrons. The van der Waals surface area contributed by atoms with Crippen LogP contribution in [0, 0.1) is 17.6 Å². The van der Waals surface area contributed by atoms with Crippen LogP contribution in [-0.2, 0) is 17.4 Å². The summed E-state index contributed by atoms with van der Waals surface area (Å²) in [6.07, 6.45) is 2.26. The largest absolute Gasteiger partial charge is 0.147 e. The van der Waals surface area contributed by atoms with E-state index >= 15 is 4.39 Å². The molecule has 2 atom stereocenters. The van der Waals surface area contributed by atoms with Crippen LogP contribution in [-0.4, -0.2) is 6.88 Å². The Labute approximate surface area is 205 Å². The van der Waals surface area contributed by atoms with E-state index < -0.39 is 29.0 Å². The fourth-order valence-corrected chi connectivity index (χ4v) is 24.3. The zero-order valence-corrected chi connectivity index (χ0v) is 25.1. The van der Waals surface area contributed by atoms with Crippen molar-refractivity contribution in [1.82, 2.24) is 0 Å². The summed E-state index contributed by atoms with van der Waals surface area (Å²) in [6.45, 7) is 11.1. The molecular formula is C26H32Cl2F2SiZr. The van der Waals surface area contributed by atoms with Gasteiger partial charge in [-0.2, -0.15) is 0 Å². The molecule has 0 saturated carbocycles. The zero-order chi connectivity index (χ0) is 22.0. The summed E-state index contributed by atoms with van der Waals surface area (Å²) in [5, 5.41) is 0. The molecule has 2 aromatic rings. The first-order valence-corrected chi connectivity index (χ1v) is 24.1. The molecule has 6 heteroatoms. The van der Waals surface area contributed by atoms with Crippen LogP contribution in [0.15, 0.2) is 68.5 Å². The fourth-order valence-electron chi connectivity index (χ4n) is 5.92. The second-order valence-electron chi connectivity index (χ2n) is 10.2. The molecule has 32 heavy (non-hydrogen) atoms. The van der Waals surface area contributed by atoms with Gasteiger partial charge in [0.05, 0.1) is 0 Å². The predicted octanol–water partition coefficient (Wildman–Crippen LogP) is 7.89. The minimum absolute atomic E-state index is 0. The van der Waals surface area contributed by atoms with Gasteiger partial charge in [0.15, 0.2) is 0 Å². The van der Waals surface area contributed by atoms with Gasteiger partial charge >= 0.3 is 182 Å². The Morgan fingerprint density at radius 3 is 2.03 bits per heavy atom.